The van der Waals surface area contributed by atoms with Crippen LogP contribution in [-0.2, 0) is 9.53 Å². The van der Waals surface area contributed by atoms with Crippen LogP contribution in [0.4, 0.5) is 5.13 Å². The van der Waals surface area contributed by atoms with Gasteiger partial charge in [0.25, 0.3) is 5.91 Å². The Morgan fingerprint density at radius 3 is 2.93 bits per heavy atom. The topological polar surface area (TPSA) is 51.7 Å². The highest BCUT2D eigenvalue weighted by molar-refractivity contribution is 7.22. The number of benzene rings is 2. The summed E-state index contributed by atoms with van der Waals surface area (Å²) >= 11 is 1.54. The molecular weight excluding hydrogens is 360 g/mol. The van der Waals surface area contributed by atoms with Crippen LogP contribution in [0.1, 0.15) is 18.4 Å². The number of amides is 1. The number of rotatable bonds is 6. The molecule has 2 heterocycles. The second kappa shape index (κ2) is 8.06. The van der Waals surface area contributed by atoms with Crippen molar-refractivity contribution in [3.63, 3.8) is 0 Å². The molecule has 1 atom stereocenters. The number of thiazole rings is 1. The van der Waals surface area contributed by atoms with Gasteiger partial charge in [0, 0.05) is 6.61 Å². The number of nitrogens with zero attached hydrogens (tertiary/aromatic N) is 2. The summed E-state index contributed by atoms with van der Waals surface area (Å²) in [6, 6.07) is 15.5. The molecule has 140 valence electrons. The first kappa shape index (κ1) is 17.9. The molecule has 1 aromatic heterocycles. The van der Waals surface area contributed by atoms with Crippen LogP contribution in [0.5, 0.6) is 5.75 Å². The quantitative estimate of drug-likeness (QED) is 0.641. The smallest absolute Gasteiger partial charge is 0.266 e. The fourth-order valence-electron chi connectivity index (χ4n) is 3.15. The molecule has 1 fully saturated rings. The Hall–Kier alpha value is -2.44. The number of aryl methyl sites for hydroxylation is 1. The fourth-order valence-corrected chi connectivity index (χ4v) is 4.24. The molecule has 1 amide bonds. The lowest BCUT2D eigenvalue weighted by Gasteiger charge is -2.23. The molecule has 2 aromatic carbocycles. The highest BCUT2D eigenvalue weighted by atomic mass is 32.1. The van der Waals surface area contributed by atoms with Crippen LogP contribution in [-0.4, -0.2) is 36.8 Å². The average Bonchev–Trinajstić information content (AvgIpc) is 3.34. The van der Waals surface area contributed by atoms with Gasteiger partial charge in [-0.2, -0.15) is 0 Å². The van der Waals surface area contributed by atoms with E-state index in [-0.39, 0.29) is 18.6 Å². The van der Waals surface area contributed by atoms with Crippen molar-refractivity contribution in [2.24, 2.45) is 0 Å². The van der Waals surface area contributed by atoms with Crippen LogP contribution in [0, 0.1) is 6.92 Å². The van der Waals surface area contributed by atoms with Gasteiger partial charge in [0.2, 0.25) is 0 Å². The van der Waals surface area contributed by atoms with Gasteiger partial charge in [0.15, 0.2) is 11.7 Å². The summed E-state index contributed by atoms with van der Waals surface area (Å²) in [7, 11) is 0. The molecule has 5 nitrogen and oxygen atoms in total. The Labute approximate surface area is 162 Å². The molecule has 3 aromatic rings. The van der Waals surface area contributed by atoms with Gasteiger partial charge < -0.3 is 9.47 Å². The van der Waals surface area contributed by atoms with Crippen LogP contribution in [0.2, 0.25) is 0 Å². The van der Waals surface area contributed by atoms with E-state index in [0.717, 1.165) is 29.7 Å². The molecule has 1 aliphatic heterocycles. The average molecular weight is 382 g/mol. The summed E-state index contributed by atoms with van der Waals surface area (Å²) in [5, 5.41) is 0.702. The van der Waals surface area contributed by atoms with Crippen molar-refractivity contribution in [3.05, 3.63) is 54.1 Å². The molecule has 0 bridgehead atoms. The van der Waals surface area contributed by atoms with Crippen molar-refractivity contribution in [3.8, 4) is 5.75 Å². The van der Waals surface area contributed by atoms with Crippen LogP contribution >= 0.6 is 11.3 Å². The molecule has 0 aliphatic carbocycles. The third kappa shape index (κ3) is 4.28. The molecule has 0 N–H and O–H groups in total. The van der Waals surface area contributed by atoms with Gasteiger partial charge in [-0.3, -0.25) is 9.69 Å². The molecule has 0 spiro atoms. The third-order valence-electron chi connectivity index (χ3n) is 4.58. The summed E-state index contributed by atoms with van der Waals surface area (Å²) in [6.45, 7) is 3.30. The van der Waals surface area contributed by atoms with Gasteiger partial charge in [-0.1, -0.05) is 35.6 Å². The standard InChI is InChI=1S/C21H22N2O3S/c1-15-9-10-18-19(12-15)27-21(22-18)23(13-17-8-5-11-25-17)20(24)14-26-16-6-3-2-4-7-16/h2-4,6-7,9-10,12,17H,5,8,11,13-14H2,1H3. The van der Waals surface area contributed by atoms with Gasteiger partial charge >= 0.3 is 0 Å². The summed E-state index contributed by atoms with van der Waals surface area (Å²) in [5.74, 6) is 0.577. The van der Waals surface area contributed by atoms with Gasteiger partial charge in [0.05, 0.1) is 22.9 Å². The van der Waals surface area contributed by atoms with Crippen LogP contribution in [0.25, 0.3) is 10.2 Å². The van der Waals surface area contributed by atoms with Gasteiger partial charge in [-0.05, 0) is 49.6 Å². The molecule has 1 unspecified atom stereocenters. The van der Waals surface area contributed by atoms with E-state index in [9.17, 15) is 4.79 Å². The van der Waals surface area contributed by atoms with Crippen molar-refractivity contribution in [1.82, 2.24) is 4.98 Å². The first-order valence-electron chi connectivity index (χ1n) is 9.16. The van der Waals surface area contributed by atoms with Gasteiger partial charge in [0.1, 0.15) is 5.75 Å². The highest BCUT2D eigenvalue weighted by Gasteiger charge is 2.26. The number of hydrogen-bond donors (Lipinski definition) is 0. The minimum absolute atomic E-state index is 0.0221. The number of aromatic nitrogens is 1. The van der Waals surface area contributed by atoms with E-state index in [1.165, 1.54) is 16.9 Å². The van der Waals surface area contributed by atoms with Gasteiger partial charge in [-0.15, -0.1) is 0 Å². The normalized spacial score (nSPS) is 16.6. The molecule has 6 heteroatoms. The lowest BCUT2D eigenvalue weighted by Crippen LogP contribution is -2.40. The van der Waals surface area contributed by atoms with E-state index < -0.39 is 0 Å². The third-order valence-corrected chi connectivity index (χ3v) is 5.62. The minimum Gasteiger partial charge on any atom is -0.484 e. The van der Waals surface area contributed by atoms with Crippen molar-refractivity contribution >= 4 is 32.6 Å². The second-order valence-corrected chi connectivity index (χ2v) is 7.72. The van der Waals surface area contributed by atoms with E-state index >= 15 is 0 Å². The molecular formula is C21H22N2O3S. The maximum Gasteiger partial charge on any atom is 0.266 e. The number of hydrogen-bond acceptors (Lipinski definition) is 5. The zero-order valence-electron chi connectivity index (χ0n) is 15.3. The number of fused-ring (bicyclic) bond motifs is 1. The molecule has 27 heavy (non-hydrogen) atoms. The highest BCUT2D eigenvalue weighted by Crippen LogP contribution is 2.30. The zero-order valence-corrected chi connectivity index (χ0v) is 16.1. The lowest BCUT2D eigenvalue weighted by molar-refractivity contribution is -0.120. The maximum atomic E-state index is 13.0. The van der Waals surface area contributed by atoms with Crippen molar-refractivity contribution in [1.29, 1.82) is 0 Å². The minimum atomic E-state index is -0.106. The second-order valence-electron chi connectivity index (χ2n) is 6.71. The Morgan fingerprint density at radius 1 is 1.30 bits per heavy atom. The van der Waals surface area contributed by atoms with E-state index in [2.05, 4.69) is 18.0 Å². The number of para-hydroxylation sites is 1. The Kier molecular flexibility index (Phi) is 5.36. The number of anilines is 1. The summed E-state index contributed by atoms with van der Waals surface area (Å²) in [4.78, 5) is 19.4. The summed E-state index contributed by atoms with van der Waals surface area (Å²) in [6.07, 6.45) is 2.05. The SMILES string of the molecule is Cc1ccc2nc(N(CC3CCCO3)C(=O)COc3ccccc3)sc2c1. The summed E-state index contributed by atoms with van der Waals surface area (Å²) in [5.41, 5.74) is 2.09. The summed E-state index contributed by atoms with van der Waals surface area (Å²) < 4.78 is 12.5. The predicted octanol–water partition coefficient (Wildman–Crippen LogP) is 4.20. The Morgan fingerprint density at radius 2 is 2.15 bits per heavy atom. The number of carbonyl (C=O) groups is 1. The Balaban J connectivity index is 1.55. The van der Waals surface area contributed by atoms with E-state index in [1.54, 1.807) is 4.90 Å². The molecule has 1 saturated heterocycles. The molecule has 4 rings (SSSR count). The van der Waals surface area contributed by atoms with Gasteiger partial charge in [-0.25, -0.2) is 4.98 Å². The monoisotopic (exact) mass is 382 g/mol. The Bertz CT molecular complexity index is 920. The van der Waals surface area contributed by atoms with Crippen LogP contribution in [0.3, 0.4) is 0 Å². The first-order chi connectivity index (χ1) is 13.2. The van der Waals surface area contributed by atoms with E-state index in [0.29, 0.717) is 17.4 Å². The number of carbonyl (C=O) groups excluding carboxylic acids is 1. The molecule has 1 aliphatic rings. The van der Waals surface area contributed by atoms with Crippen molar-refractivity contribution in [2.75, 3.05) is 24.7 Å². The lowest BCUT2D eigenvalue weighted by atomic mass is 10.2. The first-order valence-corrected chi connectivity index (χ1v) is 9.98. The molecule has 0 saturated carbocycles. The van der Waals surface area contributed by atoms with Crippen LogP contribution in [0.15, 0.2) is 48.5 Å². The van der Waals surface area contributed by atoms with E-state index in [4.69, 9.17) is 9.47 Å². The maximum absolute atomic E-state index is 13.0. The van der Waals surface area contributed by atoms with E-state index in [1.807, 2.05) is 42.5 Å². The predicted molar refractivity (Wildman–Crippen MR) is 108 cm³/mol. The number of ether oxygens (including phenoxy) is 2. The molecule has 0 radical (unpaired) electrons. The van der Waals surface area contributed by atoms with Crippen molar-refractivity contribution < 1.29 is 14.3 Å². The van der Waals surface area contributed by atoms with Crippen molar-refractivity contribution in [2.45, 2.75) is 25.9 Å². The fraction of sp³-hybridized carbons (Fsp3) is 0.333. The largest absolute Gasteiger partial charge is 0.484 e. The van der Waals surface area contributed by atoms with Crippen LogP contribution < -0.4 is 9.64 Å². The zero-order chi connectivity index (χ0) is 18.6.